The molecule has 1 fully saturated rings. The monoisotopic (exact) mass is 407 g/mol. The van der Waals surface area contributed by atoms with Crippen molar-refractivity contribution in [3.63, 3.8) is 0 Å². The van der Waals surface area contributed by atoms with Gasteiger partial charge < -0.3 is 18.8 Å². The molecule has 3 aromatic rings. The predicted octanol–water partition coefficient (Wildman–Crippen LogP) is 5.12. The van der Waals surface area contributed by atoms with Crippen LogP contribution in [0.1, 0.15) is 45.4 Å². The number of hydrogen-bond acceptors (Lipinski definition) is 4. The van der Waals surface area contributed by atoms with Gasteiger partial charge in [0.15, 0.2) is 0 Å². The van der Waals surface area contributed by atoms with Gasteiger partial charge in [-0.15, -0.1) is 0 Å². The number of hydrogen-bond donors (Lipinski definition) is 0. The highest BCUT2D eigenvalue weighted by atomic mass is 16.6. The summed E-state index contributed by atoms with van der Waals surface area (Å²) >= 11 is 0. The second-order valence-corrected chi connectivity index (χ2v) is 8.77. The average Bonchev–Trinajstić information content (AvgIpc) is 3.12. The van der Waals surface area contributed by atoms with Crippen LogP contribution in [0.2, 0.25) is 0 Å². The Hall–Kier alpha value is -3.02. The quantitative estimate of drug-likeness (QED) is 0.604. The van der Waals surface area contributed by atoms with Crippen LogP contribution >= 0.6 is 0 Å². The lowest BCUT2D eigenvalue weighted by Crippen LogP contribution is -2.42. The third kappa shape index (κ3) is 4.13. The van der Waals surface area contributed by atoms with Crippen molar-refractivity contribution in [2.75, 3.05) is 20.2 Å². The summed E-state index contributed by atoms with van der Waals surface area (Å²) in [5.74, 6) is 1.94. The molecule has 0 bridgehead atoms. The van der Waals surface area contributed by atoms with Crippen molar-refractivity contribution >= 4 is 11.6 Å². The molecule has 158 valence electrons. The first-order valence-electron chi connectivity index (χ1n) is 10.4. The van der Waals surface area contributed by atoms with Gasteiger partial charge in [-0.3, -0.25) is 0 Å². The summed E-state index contributed by atoms with van der Waals surface area (Å²) in [7, 11) is 1.67. The Bertz CT molecular complexity index is 1050. The summed E-state index contributed by atoms with van der Waals surface area (Å²) in [5, 5.41) is 0. The summed E-state index contributed by atoms with van der Waals surface area (Å²) < 4.78 is 13.1. The fraction of sp³-hybridized carbons (Fsp3) is 0.417. The second kappa shape index (κ2) is 8.01. The van der Waals surface area contributed by atoms with E-state index >= 15 is 0 Å². The zero-order chi connectivity index (χ0) is 21.3. The molecule has 1 aliphatic heterocycles. The Morgan fingerprint density at radius 3 is 2.77 bits per heavy atom. The second-order valence-electron chi connectivity index (χ2n) is 8.77. The fourth-order valence-electron chi connectivity index (χ4n) is 4.01. The molecular formula is C24H29N3O3. The molecule has 1 atom stereocenters. The normalized spacial score (nSPS) is 17.2. The summed E-state index contributed by atoms with van der Waals surface area (Å²) in [6, 6.07) is 14.1. The first-order chi connectivity index (χ1) is 14.4. The van der Waals surface area contributed by atoms with E-state index in [9.17, 15) is 4.79 Å². The van der Waals surface area contributed by atoms with Crippen LogP contribution in [0.4, 0.5) is 4.79 Å². The first kappa shape index (κ1) is 20.3. The molecule has 2 aromatic heterocycles. The van der Waals surface area contributed by atoms with E-state index in [1.165, 1.54) is 0 Å². The molecule has 1 aromatic carbocycles. The number of ether oxygens (including phenoxy) is 2. The molecule has 0 saturated carbocycles. The Morgan fingerprint density at radius 2 is 2.00 bits per heavy atom. The number of aromatic nitrogens is 2. The van der Waals surface area contributed by atoms with Gasteiger partial charge in [-0.2, -0.15) is 0 Å². The number of piperidine rings is 1. The largest absolute Gasteiger partial charge is 0.497 e. The number of methoxy groups -OCH3 is 1. The Labute approximate surface area is 177 Å². The highest BCUT2D eigenvalue weighted by Gasteiger charge is 2.31. The van der Waals surface area contributed by atoms with Crippen LogP contribution in [-0.2, 0) is 4.74 Å². The van der Waals surface area contributed by atoms with Crippen LogP contribution in [0, 0.1) is 0 Å². The van der Waals surface area contributed by atoms with Gasteiger partial charge in [-0.25, -0.2) is 9.78 Å². The maximum absolute atomic E-state index is 12.6. The number of carbonyl (C=O) groups excluding carboxylic acids is 1. The van der Waals surface area contributed by atoms with Crippen molar-refractivity contribution in [1.29, 1.82) is 0 Å². The predicted molar refractivity (Wildman–Crippen MR) is 117 cm³/mol. The molecule has 1 saturated heterocycles. The molecule has 0 N–H and O–H groups in total. The fourth-order valence-corrected chi connectivity index (χ4v) is 4.01. The van der Waals surface area contributed by atoms with Gasteiger partial charge in [0.2, 0.25) is 0 Å². The maximum Gasteiger partial charge on any atom is 0.410 e. The molecule has 4 rings (SSSR count). The van der Waals surface area contributed by atoms with Crippen LogP contribution in [0.3, 0.4) is 0 Å². The molecular weight excluding hydrogens is 378 g/mol. The molecule has 3 heterocycles. The van der Waals surface area contributed by atoms with E-state index < -0.39 is 5.60 Å². The number of rotatable bonds is 3. The third-order valence-corrected chi connectivity index (χ3v) is 5.36. The van der Waals surface area contributed by atoms with E-state index in [4.69, 9.17) is 14.5 Å². The van der Waals surface area contributed by atoms with Gasteiger partial charge in [-0.05, 0) is 57.9 Å². The van der Waals surface area contributed by atoms with Crippen LogP contribution in [0.25, 0.3) is 16.8 Å². The third-order valence-electron chi connectivity index (χ3n) is 5.36. The minimum absolute atomic E-state index is 0.153. The summed E-state index contributed by atoms with van der Waals surface area (Å²) in [6.07, 6.45) is 3.72. The van der Waals surface area contributed by atoms with Gasteiger partial charge >= 0.3 is 6.09 Å². The van der Waals surface area contributed by atoms with Crippen molar-refractivity contribution in [3.05, 3.63) is 54.5 Å². The number of imidazole rings is 1. The van der Waals surface area contributed by atoms with Crippen LogP contribution in [0.5, 0.6) is 5.75 Å². The van der Waals surface area contributed by atoms with Crippen LogP contribution in [0.15, 0.2) is 48.7 Å². The Morgan fingerprint density at radius 1 is 1.17 bits per heavy atom. The lowest BCUT2D eigenvalue weighted by Gasteiger charge is -2.33. The smallest absolute Gasteiger partial charge is 0.410 e. The molecule has 1 aliphatic rings. The Kier molecular flexibility index (Phi) is 5.41. The molecule has 1 amide bonds. The maximum atomic E-state index is 12.6. The number of fused-ring (bicyclic) bond motifs is 1. The number of amides is 1. The lowest BCUT2D eigenvalue weighted by molar-refractivity contribution is 0.0196. The van der Waals surface area contributed by atoms with E-state index in [1.807, 2.05) is 62.2 Å². The number of carbonyl (C=O) groups is 1. The topological polar surface area (TPSA) is 56.1 Å². The average molecular weight is 408 g/mol. The standard InChI is InChI=1S/C24H29N3O3/c1-24(2,3)30-23(28)26-13-8-10-18(16-26)22-25-21(20-12-5-6-14-27(20)22)17-9-7-11-19(15-17)29-4/h5-7,9,11-12,14-15,18H,8,10,13,16H2,1-4H3. The van der Waals surface area contributed by atoms with Crippen molar-refractivity contribution in [3.8, 4) is 17.0 Å². The molecule has 0 spiro atoms. The molecule has 0 aliphatic carbocycles. The summed E-state index contributed by atoms with van der Waals surface area (Å²) in [5.41, 5.74) is 2.50. The van der Waals surface area contributed by atoms with Crippen molar-refractivity contribution in [2.24, 2.45) is 0 Å². The molecule has 0 radical (unpaired) electrons. The molecule has 6 heteroatoms. The van der Waals surface area contributed by atoms with Crippen molar-refractivity contribution in [2.45, 2.75) is 45.1 Å². The Balaban J connectivity index is 1.68. The molecule has 30 heavy (non-hydrogen) atoms. The minimum atomic E-state index is -0.496. The number of nitrogens with zero attached hydrogens (tertiary/aromatic N) is 3. The van der Waals surface area contributed by atoms with Crippen molar-refractivity contribution in [1.82, 2.24) is 14.3 Å². The highest BCUT2D eigenvalue weighted by molar-refractivity contribution is 5.78. The molecule has 1 unspecified atom stereocenters. The first-order valence-corrected chi connectivity index (χ1v) is 10.4. The van der Waals surface area contributed by atoms with Gasteiger partial charge in [0.1, 0.15) is 17.2 Å². The van der Waals surface area contributed by atoms with E-state index in [0.717, 1.165) is 47.7 Å². The van der Waals surface area contributed by atoms with Gasteiger partial charge in [0.25, 0.3) is 0 Å². The SMILES string of the molecule is COc1cccc(-c2nc(C3CCCN(C(=O)OC(C)(C)C)C3)n3ccccc23)c1. The lowest BCUT2D eigenvalue weighted by atomic mass is 9.97. The number of pyridine rings is 1. The molecule has 6 nitrogen and oxygen atoms in total. The number of benzene rings is 1. The summed E-state index contributed by atoms with van der Waals surface area (Å²) in [4.78, 5) is 19.5. The zero-order valence-corrected chi connectivity index (χ0v) is 18.1. The zero-order valence-electron chi connectivity index (χ0n) is 18.1. The van der Waals surface area contributed by atoms with Gasteiger partial charge in [-0.1, -0.05) is 18.2 Å². The highest BCUT2D eigenvalue weighted by Crippen LogP contribution is 2.33. The van der Waals surface area contributed by atoms with Crippen molar-refractivity contribution < 1.29 is 14.3 Å². The van der Waals surface area contributed by atoms with E-state index in [1.54, 1.807) is 7.11 Å². The van der Waals surface area contributed by atoms with E-state index in [-0.39, 0.29) is 12.0 Å². The summed E-state index contributed by atoms with van der Waals surface area (Å²) in [6.45, 7) is 7.02. The minimum Gasteiger partial charge on any atom is -0.497 e. The van der Waals surface area contributed by atoms with Gasteiger partial charge in [0.05, 0.1) is 18.3 Å². The van der Waals surface area contributed by atoms with E-state index in [2.05, 4.69) is 16.5 Å². The van der Waals surface area contributed by atoms with Crippen LogP contribution < -0.4 is 4.74 Å². The van der Waals surface area contributed by atoms with Gasteiger partial charge in [0, 0.05) is 30.8 Å². The number of likely N-dealkylation sites (tertiary alicyclic amines) is 1. The van der Waals surface area contributed by atoms with E-state index in [0.29, 0.717) is 6.54 Å². The van der Waals surface area contributed by atoms with Crippen LogP contribution in [-0.4, -0.2) is 46.2 Å².